The molecule has 5 fully saturated rings. The second-order valence-electron chi connectivity index (χ2n) is 15.5. The molecule has 0 aromatic rings. The molecule has 1 N–H and O–H groups in total. The normalized spacial score (nSPS) is 56.8. The SMILES string of the molecule is CC(C)C1(C)CCC(C)(C2CCC3(C)C2CC(O)C2C4(C)CCC(=O)C(C)(C)C4CCC23C)O1. The molecule has 0 amide bonds. The average Bonchev–Trinajstić information content (AvgIpc) is 3.24. The lowest BCUT2D eigenvalue weighted by molar-refractivity contribution is -0.243. The highest BCUT2D eigenvalue weighted by atomic mass is 16.5. The summed E-state index contributed by atoms with van der Waals surface area (Å²) in [6.45, 7) is 21.3. The van der Waals surface area contributed by atoms with Crippen LogP contribution in [0.5, 0.6) is 0 Å². The summed E-state index contributed by atoms with van der Waals surface area (Å²) in [6.07, 6.45) is 9.31. The maximum absolute atomic E-state index is 12.9. The summed E-state index contributed by atoms with van der Waals surface area (Å²) in [4.78, 5) is 12.9. The van der Waals surface area contributed by atoms with Gasteiger partial charge >= 0.3 is 0 Å². The Morgan fingerprint density at radius 2 is 1.50 bits per heavy atom. The van der Waals surface area contributed by atoms with Gasteiger partial charge in [-0.05, 0) is 111 Å². The summed E-state index contributed by atoms with van der Waals surface area (Å²) < 4.78 is 7.01. The van der Waals surface area contributed by atoms with E-state index in [1.54, 1.807) is 0 Å². The first-order valence-electron chi connectivity index (χ1n) is 14.5. The lowest BCUT2D eigenvalue weighted by Crippen LogP contribution is -2.67. The number of hydrogen-bond donors (Lipinski definition) is 1. The highest BCUT2D eigenvalue weighted by molar-refractivity contribution is 5.85. The summed E-state index contributed by atoms with van der Waals surface area (Å²) in [5.74, 6) is 2.67. The van der Waals surface area contributed by atoms with Crippen LogP contribution in [-0.2, 0) is 9.53 Å². The van der Waals surface area contributed by atoms with E-state index in [1.807, 2.05) is 0 Å². The first-order chi connectivity index (χ1) is 15.6. The third-order valence-corrected chi connectivity index (χ3v) is 13.7. The van der Waals surface area contributed by atoms with E-state index in [0.717, 1.165) is 38.5 Å². The van der Waals surface area contributed by atoms with Crippen molar-refractivity contribution >= 4 is 5.78 Å². The number of Topliss-reactive ketones (excluding diaryl/α,β-unsaturated/α-hetero) is 1. The Balaban J connectivity index is 1.50. The Bertz CT molecular complexity index is 863. The van der Waals surface area contributed by atoms with Crippen molar-refractivity contribution in [3.63, 3.8) is 0 Å². The van der Waals surface area contributed by atoms with Crippen molar-refractivity contribution in [2.45, 2.75) is 137 Å². The molecule has 4 aliphatic carbocycles. The number of ether oxygens (including phenoxy) is 1. The number of ketones is 1. The molecule has 0 bridgehead atoms. The van der Waals surface area contributed by atoms with Gasteiger partial charge in [-0.3, -0.25) is 4.79 Å². The summed E-state index contributed by atoms with van der Waals surface area (Å²) >= 11 is 0. The maximum Gasteiger partial charge on any atom is 0.138 e. The van der Waals surface area contributed by atoms with Gasteiger partial charge in [-0.15, -0.1) is 0 Å². The van der Waals surface area contributed by atoms with E-state index in [1.165, 1.54) is 12.8 Å². The Morgan fingerprint density at radius 1 is 0.853 bits per heavy atom. The number of hydrogen-bond acceptors (Lipinski definition) is 3. The lowest BCUT2D eigenvalue weighted by atomic mass is 9.35. The molecule has 10 unspecified atom stereocenters. The summed E-state index contributed by atoms with van der Waals surface area (Å²) in [5.41, 5.74) is 0.00668. The van der Waals surface area contributed by atoms with Gasteiger partial charge in [0.15, 0.2) is 0 Å². The molecular formula is C31H52O3. The molecule has 34 heavy (non-hydrogen) atoms. The summed E-state index contributed by atoms with van der Waals surface area (Å²) in [6, 6.07) is 0. The predicted octanol–water partition coefficient (Wildman–Crippen LogP) is 7.20. The fraction of sp³-hybridized carbons (Fsp3) is 0.968. The number of aliphatic hydroxyl groups is 1. The molecule has 0 aromatic carbocycles. The topological polar surface area (TPSA) is 46.5 Å². The van der Waals surface area contributed by atoms with Gasteiger partial charge in [-0.25, -0.2) is 0 Å². The Labute approximate surface area is 209 Å². The Hall–Kier alpha value is -0.410. The van der Waals surface area contributed by atoms with Crippen LogP contribution in [0.2, 0.25) is 0 Å². The van der Waals surface area contributed by atoms with Gasteiger partial charge in [0.2, 0.25) is 0 Å². The summed E-state index contributed by atoms with van der Waals surface area (Å²) in [7, 11) is 0. The van der Waals surface area contributed by atoms with E-state index < -0.39 is 0 Å². The molecule has 3 heteroatoms. The van der Waals surface area contributed by atoms with Gasteiger partial charge in [0, 0.05) is 11.8 Å². The van der Waals surface area contributed by atoms with Crippen LogP contribution in [0.25, 0.3) is 0 Å². The Morgan fingerprint density at radius 3 is 2.12 bits per heavy atom. The molecule has 0 spiro atoms. The summed E-state index contributed by atoms with van der Waals surface area (Å²) in [5, 5.41) is 12.0. The van der Waals surface area contributed by atoms with Crippen molar-refractivity contribution in [2.24, 2.45) is 51.2 Å². The zero-order valence-electron chi connectivity index (χ0n) is 23.6. The quantitative estimate of drug-likeness (QED) is 0.462. The second kappa shape index (κ2) is 7.33. The largest absolute Gasteiger partial charge is 0.393 e. The van der Waals surface area contributed by atoms with Crippen LogP contribution >= 0.6 is 0 Å². The second-order valence-corrected chi connectivity index (χ2v) is 15.5. The van der Waals surface area contributed by atoms with E-state index >= 15 is 0 Å². The first kappa shape index (κ1) is 25.2. The van der Waals surface area contributed by atoms with Gasteiger partial charge in [0.05, 0.1) is 17.3 Å². The minimum Gasteiger partial charge on any atom is -0.393 e. The van der Waals surface area contributed by atoms with Crippen molar-refractivity contribution in [3.8, 4) is 0 Å². The van der Waals surface area contributed by atoms with Gasteiger partial charge in [0.25, 0.3) is 0 Å². The van der Waals surface area contributed by atoms with Gasteiger partial charge in [-0.2, -0.15) is 0 Å². The monoisotopic (exact) mass is 472 g/mol. The number of aliphatic hydroxyl groups excluding tert-OH is 1. The van der Waals surface area contributed by atoms with E-state index in [-0.39, 0.29) is 44.9 Å². The molecule has 10 atom stereocenters. The van der Waals surface area contributed by atoms with Crippen LogP contribution in [0, 0.1) is 51.2 Å². The zero-order chi connectivity index (χ0) is 25.1. The standard InChI is InChI=1S/C31H52O3/c1-19(2)30(8)16-17-31(9,34-30)20-10-14-28(6)21(20)18-22(32)25-27(5)13-12-24(33)26(3,4)23(27)11-15-29(25,28)7/h19-23,25,32H,10-18H2,1-9H3. The third kappa shape index (κ3) is 2.98. The lowest BCUT2D eigenvalue weighted by Gasteiger charge is -2.70. The smallest absolute Gasteiger partial charge is 0.138 e. The van der Waals surface area contributed by atoms with Gasteiger partial charge in [0.1, 0.15) is 5.78 Å². The van der Waals surface area contributed by atoms with Crippen molar-refractivity contribution in [1.29, 1.82) is 0 Å². The molecule has 1 aliphatic heterocycles. The minimum atomic E-state index is -0.276. The molecule has 4 saturated carbocycles. The van der Waals surface area contributed by atoms with Crippen molar-refractivity contribution in [1.82, 2.24) is 0 Å². The average molecular weight is 473 g/mol. The van der Waals surface area contributed by atoms with Crippen molar-refractivity contribution in [2.75, 3.05) is 0 Å². The van der Waals surface area contributed by atoms with E-state index in [0.29, 0.717) is 35.9 Å². The molecular weight excluding hydrogens is 420 g/mol. The molecule has 1 saturated heterocycles. The molecule has 5 aliphatic rings. The maximum atomic E-state index is 12.9. The van der Waals surface area contributed by atoms with E-state index in [9.17, 15) is 9.90 Å². The minimum absolute atomic E-state index is 0.0286. The molecule has 1 heterocycles. The number of carbonyl (C=O) groups is 1. The molecule has 194 valence electrons. The van der Waals surface area contributed by atoms with Crippen LogP contribution in [0.1, 0.15) is 120 Å². The van der Waals surface area contributed by atoms with Crippen LogP contribution in [0.4, 0.5) is 0 Å². The highest BCUT2D eigenvalue weighted by Crippen LogP contribution is 2.76. The fourth-order valence-electron chi connectivity index (χ4n) is 11.1. The van der Waals surface area contributed by atoms with Crippen molar-refractivity contribution in [3.05, 3.63) is 0 Å². The molecule has 0 aromatic heterocycles. The fourth-order valence-corrected chi connectivity index (χ4v) is 11.1. The molecule has 3 nitrogen and oxygen atoms in total. The third-order valence-electron chi connectivity index (χ3n) is 13.7. The van der Waals surface area contributed by atoms with Crippen molar-refractivity contribution < 1.29 is 14.6 Å². The van der Waals surface area contributed by atoms with E-state index in [2.05, 4.69) is 62.3 Å². The highest BCUT2D eigenvalue weighted by Gasteiger charge is 2.72. The Kier molecular flexibility index (Phi) is 5.45. The predicted molar refractivity (Wildman–Crippen MR) is 137 cm³/mol. The van der Waals surface area contributed by atoms with Crippen LogP contribution in [-0.4, -0.2) is 28.2 Å². The van der Waals surface area contributed by atoms with Gasteiger partial charge in [-0.1, -0.05) is 48.5 Å². The van der Waals surface area contributed by atoms with Crippen LogP contribution in [0.3, 0.4) is 0 Å². The van der Waals surface area contributed by atoms with Crippen LogP contribution in [0.15, 0.2) is 0 Å². The number of carbonyl (C=O) groups excluding carboxylic acids is 1. The zero-order valence-corrected chi connectivity index (χ0v) is 23.6. The molecule has 5 rings (SSSR count). The number of rotatable bonds is 2. The van der Waals surface area contributed by atoms with Gasteiger partial charge < -0.3 is 9.84 Å². The number of fused-ring (bicyclic) bond motifs is 5. The van der Waals surface area contributed by atoms with Crippen LogP contribution < -0.4 is 0 Å². The first-order valence-corrected chi connectivity index (χ1v) is 14.5. The molecule has 0 radical (unpaired) electrons. The van der Waals surface area contributed by atoms with E-state index in [4.69, 9.17) is 4.74 Å².